The highest BCUT2D eigenvalue weighted by molar-refractivity contribution is 5.85. The molecule has 3 rings (SSSR count). The van der Waals surface area contributed by atoms with Gasteiger partial charge in [0.1, 0.15) is 18.5 Å². The summed E-state index contributed by atoms with van der Waals surface area (Å²) in [6.07, 6.45) is -0.449. The number of aliphatic hydroxyl groups is 1. The summed E-state index contributed by atoms with van der Waals surface area (Å²) in [5.41, 5.74) is 0. The lowest BCUT2D eigenvalue weighted by molar-refractivity contribution is 0.0642. The highest BCUT2D eigenvalue weighted by atomic mass is 35.5. The van der Waals surface area contributed by atoms with E-state index >= 15 is 0 Å². The van der Waals surface area contributed by atoms with Gasteiger partial charge in [0.15, 0.2) is 0 Å². The number of rotatable bonds is 5. The van der Waals surface area contributed by atoms with Crippen molar-refractivity contribution >= 4 is 35.6 Å². The summed E-state index contributed by atoms with van der Waals surface area (Å²) in [7, 11) is 0. The Balaban J connectivity index is 0.00000132. The van der Waals surface area contributed by atoms with Gasteiger partial charge in [-0.15, -0.1) is 24.8 Å². The average Bonchev–Trinajstić information content (AvgIpc) is 2.54. The van der Waals surface area contributed by atoms with Gasteiger partial charge in [-0.05, 0) is 22.9 Å². The van der Waals surface area contributed by atoms with Crippen LogP contribution in [0.2, 0.25) is 0 Å². The molecular formula is C17H24Cl2N2O2. The van der Waals surface area contributed by atoms with Gasteiger partial charge in [-0.1, -0.05) is 30.3 Å². The van der Waals surface area contributed by atoms with Crippen LogP contribution in [0.4, 0.5) is 0 Å². The Labute approximate surface area is 149 Å². The van der Waals surface area contributed by atoms with Gasteiger partial charge in [0, 0.05) is 32.7 Å². The van der Waals surface area contributed by atoms with Gasteiger partial charge < -0.3 is 15.2 Å². The largest absolute Gasteiger partial charge is 0.491 e. The van der Waals surface area contributed by atoms with Crippen LogP contribution in [-0.4, -0.2) is 55.4 Å². The molecule has 6 heteroatoms. The number of halogens is 2. The number of fused-ring (bicyclic) bond motifs is 1. The Morgan fingerprint density at radius 3 is 2.48 bits per heavy atom. The molecule has 23 heavy (non-hydrogen) atoms. The highest BCUT2D eigenvalue weighted by Gasteiger charge is 2.14. The summed E-state index contributed by atoms with van der Waals surface area (Å²) in [6.45, 7) is 4.99. The van der Waals surface area contributed by atoms with Crippen molar-refractivity contribution in [3.63, 3.8) is 0 Å². The Kier molecular flexibility index (Phi) is 8.66. The topological polar surface area (TPSA) is 44.7 Å². The number of nitrogens with zero attached hydrogens (tertiary/aromatic N) is 1. The van der Waals surface area contributed by atoms with E-state index in [-0.39, 0.29) is 24.8 Å². The predicted octanol–water partition coefficient (Wildman–Crippen LogP) is 2.33. The number of benzene rings is 2. The number of ether oxygens (including phenoxy) is 1. The normalized spacial score (nSPS) is 16.2. The summed E-state index contributed by atoms with van der Waals surface area (Å²) >= 11 is 0. The van der Waals surface area contributed by atoms with E-state index in [0.29, 0.717) is 13.2 Å². The van der Waals surface area contributed by atoms with Crippen molar-refractivity contribution in [3.8, 4) is 5.75 Å². The number of nitrogens with one attached hydrogen (secondary N) is 1. The van der Waals surface area contributed by atoms with E-state index in [9.17, 15) is 5.11 Å². The standard InChI is InChI=1S/C17H22N2O2.2ClH/c20-16(12-19-9-7-18-8-10-19)13-21-17-6-5-14-3-1-2-4-15(14)11-17;;/h1-6,11,16,18,20H,7-10,12-13H2;2*1H. The zero-order valence-corrected chi connectivity index (χ0v) is 14.6. The first-order valence-electron chi connectivity index (χ1n) is 7.54. The Morgan fingerprint density at radius 1 is 1.04 bits per heavy atom. The summed E-state index contributed by atoms with van der Waals surface area (Å²) in [4.78, 5) is 2.27. The van der Waals surface area contributed by atoms with Gasteiger partial charge in [0.2, 0.25) is 0 Å². The molecule has 1 unspecified atom stereocenters. The molecule has 0 radical (unpaired) electrons. The molecular weight excluding hydrogens is 335 g/mol. The van der Waals surface area contributed by atoms with Crippen LogP contribution in [0.3, 0.4) is 0 Å². The molecule has 0 spiro atoms. The fourth-order valence-electron chi connectivity index (χ4n) is 2.69. The molecule has 1 heterocycles. The van der Waals surface area contributed by atoms with Gasteiger partial charge in [-0.2, -0.15) is 0 Å². The van der Waals surface area contributed by atoms with Gasteiger partial charge in [-0.3, -0.25) is 4.90 Å². The second kappa shape index (κ2) is 9.96. The van der Waals surface area contributed by atoms with Crippen LogP contribution >= 0.6 is 24.8 Å². The van der Waals surface area contributed by atoms with E-state index in [2.05, 4.69) is 22.3 Å². The van der Waals surface area contributed by atoms with Crippen molar-refractivity contribution in [1.29, 1.82) is 0 Å². The first-order valence-corrected chi connectivity index (χ1v) is 7.54. The molecule has 1 saturated heterocycles. The Morgan fingerprint density at radius 2 is 1.74 bits per heavy atom. The van der Waals surface area contributed by atoms with E-state index in [1.165, 1.54) is 5.39 Å². The van der Waals surface area contributed by atoms with Crippen LogP contribution in [0.25, 0.3) is 10.8 Å². The monoisotopic (exact) mass is 358 g/mol. The maximum atomic E-state index is 10.1. The van der Waals surface area contributed by atoms with Crippen LogP contribution in [0.15, 0.2) is 42.5 Å². The Hall–Kier alpha value is -1.04. The molecule has 0 bridgehead atoms. The van der Waals surface area contributed by atoms with Gasteiger partial charge in [-0.25, -0.2) is 0 Å². The molecule has 0 saturated carbocycles. The predicted molar refractivity (Wildman–Crippen MR) is 99.3 cm³/mol. The maximum absolute atomic E-state index is 10.1. The maximum Gasteiger partial charge on any atom is 0.120 e. The fourth-order valence-corrected chi connectivity index (χ4v) is 2.69. The van der Waals surface area contributed by atoms with Crippen molar-refractivity contribution in [2.75, 3.05) is 39.3 Å². The smallest absolute Gasteiger partial charge is 0.120 e. The molecule has 2 aromatic carbocycles. The molecule has 128 valence electrons. The van der Waals surface area contributed by atoms with Crippen LogP contribution in [0.1, 0.15) is 0 Å². The molecule has 1 atom stereocenters. The highest BCUT2D eigenvalue weighted by Crippen LogP contribution is 2.20. The summed E-state index contributed by atoms with van der Waals surface area (Å²) in [6, 6.07) is 14.2. The molecule has 4 nitrogen and oxygen atoms in total. The molecule has 0 aliphatic carbocycles. The lowest BCUT2D eigenvalue weighted by Crippen LogP contribution is -2.47. The number of piperazine rings is 1. The molecule has 0 aromatic heterocycles. The quantitative estimate of drug-likeness (QED) is 0.860. The van der Waals surface area contributed by atoms with Crippen LogP contribution in [0.5, 0.6) is 5.75 Å². The lowest BCUT2D eigenvalue weighted by atomic mass is 10.1. The minimum atomic E-state index is -0.449. The second-order valence-corrected chi connectivity index (χ2v) is 5.52. The zero-order valence-electron chi connectivity index (χ0n) is 13.0. The van der Waals surface area contributed by atoms with E-state index < -0.39 is 6.10 Å². The van der Waals surface area contributed by atoms with E-state index in [0.717, 1.165) is 37.3 Å². The van der Waals surface area contributed by atoms with E-state index in [4.69, 9.17) is 4.74 Å². The summed E-state index contributed by atoms with van der Waals surface area (Å²) in [5.74, 6) is 0.813. The third kappa shape index (κ3) is 5.83. The molecule has 1 fully saturated rings. The minimum Gasteiger partial charge on any atom is -0.491 e. The van der Waals surface area contributed by atoms with Crippen molar-refractivity contribution in [2.45, 2.75) is 6.10 Å². The van der Waals surface area contributed by atoms with E-state index in [1.807, 2.05) is 30.3 Å². The number of hydrogen-bond acceptors (Lipinski definition) is 4. The molecule has 2 N–H and O–H groups in total. The summed E-state index contributed by atoms with van der Waals surface area (Å²) in [5, 5.41) is 15.8. The van der Waals surface area contributed by atoms with Crippen molar-refractivity contribution in [2.24, 2.45) is 0 Å². The number of aliphatic hydroxyl groups excluding tert-OH is 1. The Bertz CT molecular complexity index is 592. The van der Waals surface area contributed by atoms with Crippen molar-refractivity contribution in [1.82, 2.24) is 10.2 Å². The van der Waals surface area contributed by atoms with Crippen molar-refractivity contribution in [3.05, 3.63) is 42.5 Å². The lowest BCUT2D eigenvalue weighted by Gasteiger charge is -2.29. The van der Waals surface area contributed by atoms with Gasteiger partial charge in [0.05, 0.1) is 0 Å². The number of β-amino-alcohol motifs (C(OH)–C–C–N with tert-alkyl or cyclic N) is 1. The first-order chi connectivity index (χ1) is 10.3. The number of hydrogen-bond donors (Lipinski definition) is 2. The summed E-state index contributed by atoms with van der Waals surface area (Å²) < 4.78 is 5.73. The third-order valence-electron chi connectivity index (χ3n) is 3.84. The van der Waals surface area contributed by atoms with Crippen LogP contribution in [-0.2, 0) is 0 Å². The van der Waals surface area contributed by atoms with Gasteiger partial charge in [0.25, 0.3) is 0 Å². The zero-order chi connectivity index (χ0) is 14.5. The fraction of sp³-hybridized carbons (Fsp3) is 0.412. The molecule has 0 amide bonds. The van der Waals surface area contributed by atoms with Crippen molar-refractivity contribution < 1.29 is 9.84 Å². The third-order valence-corrected chi connectivity index (χ3v) is 3.84. The minimum absolute atomic E-state index is 0. The SMILES string of the molecule is Cl.Cl.OC(COc1ccc2ccccc2c1)CN1CCNCC1. The van der Waals surface area contributed by atoms with Crippen LogP contribution in [0, 0.1) is 0 Å². The average molecular weight is 359 g/mol. The van der Waals surface area contributed by atoms with Crippen LogP contribution < -0.4 is 10.1 Å². The van der Waals surface area contributed by atoms with E-state index in [1.54, 1.807) is 0 Å². The molecule has 1 aliphatic heterocycles. The molecule has 2 aromatic rings. The molecule has 1 aliphatic rings. The second-order valence-electron chi connectivity index (χ2n) is 5.52. The van der Waals surface area contributed by atoms with Gasteiger partial charge >= 0.3 is 0 Å². The first kappa shape index (κ1) is 20.0.